The van der Waals surface area contributed by atoms with Crippen LogP contribution in [0.1, 0.15) is 192 Å². The van der Waals surface area contributed by atoms with Crippen LogP contribution < -0.4 is 0 Å². The highest BCUT2D eigenvalue weighted by atomic mass is 14.8. The van der Waals surface area contributed by atoms with Gasteiger partial charge >= 0.3 is 0 Å². The first-order chi connectivity index (χ1) is 25.6. The minimum Gasteiger partial charge on any atom is -0.255 e. The van der Waals surface area contributed by atoms with Gasteiger partial charge in [-0.05, 0) is 115 Å². The lowest BCUT2D eigenvalue weighted by Crippen LogP contribution is -2.01. The summed E-state index contributed by atoms with van der Waals surface area (Å²) in [5.74, 6) is 0. The minimum atomic E-state index is 0.856. The van der Waals surface area contributed by atoms with Crippen LogP contribution in [0.5, 0.6) is 0 Å². The van der Waals surface area contributed by atoms with Gasteiger partial charge in [-0.15, -0.1) is 0 Å². The average molecular weight is 705 g/mol. The quantitative estimate of drug-likeness (QED) is 0.0508. The van der Waals surface area contributed by atoms with Gasteiger partial charge in [0.1, 0.15) is 0 Å². The average Bonchev–Trinajstić information content (AvgIpc) is 3.17. The standard InChI is InChI=1S/C50H76N2/c1-6-11-15-18-21-25-31-42-36-37-47(38-44(42)34-26-22-19-16-12-7-2)51-41-46(10-5)52-48-39-45(30-14-9-4)49(35-29-23-20-17-13-8-3)50(40-48)43-32-27-24-28-33-43/h24,27-28,32-33,36-41H,6-23,25-26,29-31,34-35H2,1-5H3. The minimum absolute atomic E-state index is 0.856. The van der Waals surface area contributed by atoms with Crippen molar-refractivity contribution in [2.45, 2.75) is 195 Å². The van der Waals surface area contributed by atoms with Crippen molar-refractivity contribution in [2.75, 3.05) is 0 Å². The van der Waals surface area contributed by atoms with E-state index in [9.17, 15) is 0 Å². The second-order valence-electron chi connectivity index (χ2n) is 15.3. The molecule has 0 spiro atoms. The Kier molecular flexibility index (Phi) is 23.0. The van der Waals surface area contributed by atoms with Crippen molar-refractivity contribution < 1.29 is 0 Å². The molecule has 52 heavy (non-hydrogen) atoms. The fraction of sp³-hybridized carbons (Fsp3) is 0.600. The Labute approximate surface area is 321 Å². The van der Waals surface area contributed by atoms with Crippen LogP contribution in [0, 0.1) is 0 Å². The number of benzene rings is 3. The largest absolute Gasteiger partial charge is 0.255 e. The van der Waals surface area contributed by atoms with E-state index < -0.39 is 0 Å². The van der Waals surface area contributed by atoms with Gasteiger partial charge in [-0.2, -0.15) is 0 Å². The molecule has 0 amide bonds. The third-order valence-electron chi connectivity index (χ3n) is 10.8. The Hall–Kier alpha value is -3.00. The lowest BCUT2D eigenvalue weighted by atomic mass is 9.89. The van der Waals surface area contributed by atoms with Gasteiger partial charge in [0.2, 0.25) is 0 Å². The smallest absolute Gasteiger partial charge is 0.0642 e. The molecule has 0 bridgehead atoms. The van der Waals surface area contributed by atoms with Gasteiger partial charge in [-0.3, -0.25) is 9.98 Å². The molecule has 3 aromatic carbocycles. The fourth-order valence-corrected chi connectivity index (χ4v) is 7.50. The summed E-state index contributed by atoms with van der Waals surface area (Å²) in [6, 6.07) is 22.8. The topological polar surface area (TPSA) is 24.7 Å². The van der Waals surface area contributed by atoms with Gasteiger partial charge in [0, 0.05) is 6.21 Å². The first-order valence-electron chi connectivity index (χ1n) is 22.1. The highest BCUT2D eigenvalue weighted by molar-refractivity contribution is 6.31. The number of hydrogen-bond acceptors (Lipinski definition) is 2. The van der Waals surface area contributed by atoms with E-state index >= 15 is 0 Å². The molecule has 286 valence electrons. The van der Waals surface area contributed by atoms with E-state index in [2.05, 4.69) is 95.3 Å². The molecule has 0 unspecified atom stereocenters. The Balaban J connectivity index is 1.86. The van der Waals surface area contributed by atoms with Crippen molar-refractivity contribution in [1.29, 1.82) is 0 Å². The van der Waals surface area contributed by atoms with Crippen LogP contribution in [0.2, 0.25) is 0 Å². The van der Waals surface area contributed by atoms with E-state index in [-0.39, 0.29) is 0 Å². The summed E-state index contributed by atoms with van der Waals surface area (Å²) in [6.45, 7) is 11.4. The Bertz CT molecular complexity index is 1420. The summed E-state index contributed by atoms with van der Waals surface area (Å²) in [5, 5.41) is 0. The van der Waals surface area contributed by atoms with Crippen molar-refractivity contribution in [3.8, 4) is 11.1 Å². The van der Waals surface area contributed by atoms with E-state index in [1.54, 1.807) is 11.1 Å². The third-order valence-corrected chi connectivity index (χ3v) is 10.8. The summed E-state index contributed by atoms with van der Waals surface area (Å²) in [6.07, 6.45) is 34.0. The summed E-state index contributed by atoms with van der Waals surface area (Å²) in [4.78, 5) is 10.3. The molecular formula is C50H76N2. The first-order valence-corrected chi connectivity index (χ1v) is 22.1. The highest BCUT2D eigenvalue weighted by Crippen LogP contribution is 2.34. The van der Waals surface area contributed by atoms with Gasteiger partial charge < -0.3 is 0 Å². The molecule has 0 saturated carbocycles. The molecule has 0 fully saturated rings. The summed E-state index contributed by atoms with van der Waals surface area (Å²) < 4.78 is 0. The number of unbranched alkanes of at least 4 members (excludes halogenated alkanes) is 16. The van der Waals surface area contributed by atoms with Crippen LogP contribution in [0.4, 0.5) is 11.4 Å². The van der Waals surface area contributed by atoms with Crippen molar-refractivity contribution in [2.24, 2.45) is 9.98 Å². The molecule has 0 saturated heterocycles. The number of aliphatic imine (C=N–C) groups is 2. The molecule has 0 radical (unpaired) electrons. The highest BCUT2D eigenvalue weighted by Gasteiger charge is 2.13. The molecule has 0 atom stereocenters. The SMILES string of the molecule is CCCCCCCCc1ccc(N=CC(CC)=Nc2cc(CCCC)c(CCCCCCCC)c(-c3ccccc3)c2)cc1CCCCCCCC. The van der Waals surface area contributed by atoms with Crippen molar-refractivity contribution in [3.63, 3.8) is 0 Å². The lowest BCUT2D eigenvalue weighted by molar-refractivity contribution is 0.599. The monoisotopic (exact) mass is 705 g/mol. The van der Waals surface area contributed by atoms with Gasteiger partial charge in [-0.1, -0.05) is 174 Å². The van der Waals surface area contributed by atoms with Gasteiger partial charge in [0.15, 0.2) is 0 Å². The number of aryl methyl sites for hydroxylation is 3. The van der Waals surface area contributed by atoms with E-state index in [0.29, 0.717) is 0 Å². The first kappa shape index (κ1) is 43.4. The predicted molar refractivity (Wildman–Crippen MR) is 234 cm³/mol. The maximum absolute atomic E-state index is 5.28. The number of rotatable bonds is 29. The number of hydrogen-bond donors (Lipinski definition) is 0. The van der Waals surface area contributed by atoms with E-state index in [0.717, 1.165) is 36.3 Å². The Morgan fingerprint density at radius 1 is 0.462 bits per heavy atom. The van der Waals surface area contributed by atoms with E-state index in [1.165, 1.54) is 164 Å². The normalized spacial score (nSPS) is 12.0. The van der Waals surface area contributed by atoms with E-state index in [4.69, 9.17) is 9.98 Å². The summed E-state index contributed by atoms with van der Waals surface area (Å²) in [7, 11) is 0. The molecule has 0 aliphatic heterocycles. The molecular weight excluding hydrogens is 629 g/mol. The van der Waals surface area contributed by atoms with Crippen LogP contribution in [0.15, 0.2) is 70.6 Å². The van der Waals surface area contributed by atoms with Crippen molar-refractivity contribution in [1.82, 2.24) is 0 Å². The van der Waals surface area contributed by atoms with E-state index in [1.807, 2.05) is 6.21 Å². The molecule has 3 aromatic rings. The van der Waals surface area contributed by atoms with Crippen molar-refractivity contribution >= 4 is 23.3 Å². The number of nitrogens with zero attached hydrogens (tertiary/aromatic N) is 2. The molecule has 2 nitrogen and oxygen atoms in total. The van der Waals surface area contributed by atoms with Crippen LogP contribution in [0.3, 0.4) is 0 Å². The zero-order chi connectivity index (χ0) is 37.1. The second-order valence-corrected chi connectivity index (χ2v) is 15.3. The Morgan fingerprint density at radius 2 is 0.981 bits per heavy atom. The summed E-state index contributed by atoms with van der Waals surface area (Å²) >= 11 is 0. The van der Waals surface area contributed by atoms with Crippen LogP contribution in [0.25, 0.3) is 11.1 Å². The molecule has 0 aromatic heterocycles. The third kappa shape index (κ3) is 16.8. The van der Waals surface area contributed by atoms with Crippen LogP contribution in [-0.4, -0.2) is 11.9 Å². The maximum Gasteiger partial charge on any atom is 0.0642 e. The van der Waals surface area contributed by atoms with Gasteiger partial charge in [0.25, 0.3) is 0 Å². The van der Waals surface area contributed by atoms with Gasteiger partial charge in [-0.25, -0.2) is 0 Å². The molecule has 0 aliphatic carbocycles. The zero-order valence-corrected chi connectivity index (χ0v) is 34.4. The lowest BCUT2D eigenvalue weighted by Gasteiger charge is -2.17. The van der Waals surface area contributed by atoms with Gasteiger partial charge in [0.05, 0.1) is 17.1 Å². The second kappa shape index (κ2) is 27.6. The van der Waals surface area contributed by atoms with Crippen LogP contribution >= 0.6 is 0 Å². The molecule has 0 N–H and O–H groups in total. The fourth-order valence-electron chi connectivity index (χ4n) is 7.50. The zero-order valence-electron chi connectivity index (χ0n) is 34.4. The molecule has 0 heterocycles. The molecule has 0 aliphatic rings. The Morgan fingerprint density at radius 3 is 1.58 bits per heavy atom. The van der Waals surface area contributed by atoms with Crippen LogP contribution in [-0.2, 0) is 25.7 Å². The summed E-state index contributed by atoms with van der Waals surface area (Å²) in [5.41, 5.74) is 11.9. The predicted octanol–water partition coefficient (Wildman–Crippen LogP) is 16.3. The van der Waals surface area contributed by atoms with Crippen molar-refractivity contribution in [3.05, 3.63) is 82.9 Å². The maximum atomic E-state index is 5.28. The molecule has 2 heteroatoms. The molecule has 3 rings (SSSR count).